The Morgan fingerprint density at radius 3 is 3.04 bits per heavy atom. The topological polar surface area (TPSA) is 93.0 Å². The molecular formula is C18H22N6O2. The molecule has 136 valence electrons. The quantitative estimate of drug-likeness (QED) is 0.852. The second-order valence-electron chi connectivity index (χ2n) is 6.86. The molecule has 1 atom stereocenters. The molecule has 8 nitrogen and oxygen atoms in total. The van der Waals surface area contributed by atoms with E-state index in [1.165, 1.54) is 0 Å². The summed E-state index contributed by atoms with van der Waals surface area (Å²) in [4.78, 5) is 30.6. The molecule has 0 aliphatic carbocycles. The predicted molar refractivity (Wildman–Crippen MR) is 92.6 cm³/mol. The molecule has 0 radical (unpaired) electrons. The first kappa shape index (κ1) is 16.7. The number of likely N-dealkylation sites (tertiary alicyclic amines) is 1. The van der Waals surface area contributed by atoms with Crippen LogP contribution in [-0.2, 0) is 35.6 Å². The van der Waals surface area contributed by atoms with Gasteiger partial charge in [-0.2, -0.15) is 0 Å². The van der Waals surface area contributed by atoms with Gasteiger partial charge in [-0.05, 0) is 25.0 Å². The highest BCUT2D eigenvalue weighted by Crippen LogP contribution is 2.20. The molecule has 4 rings (SSSR count). The molecule has 1 N–H and O–H groups in total. The number of nitrogens with one attached hydrogen (secondary N) is 1. The monoisotopic (exact) mass is 354 g/mol. The fourth-order valence-corrected chi connectivity index (χ4v) is 3.60. The molecule has 4 heterocycles. The number of amides is 2. The third kappa shape index (κ3) is 3.44. The Morgan fingerprint density at radius 1 is 1.27 bits per heavy atom. The molecule has 2 aliphatic heterocycles. The third-order valence-electron chi connectivity index (χ3n) is 5.02. The number of carbonyl (C=O) groups is 2. The number of fused-ring (bicyclic) bond motifs is 1. The summed E-state index contributed by atoms with van der Waals surface area (Å²) in [6, 6.07) is 5.62. The Labute approximate surface area is 151 Å². The lowest BCUT2D eigenvalue weighted by atomic mass is 10.1. The summed E-state index contributed by atoms with van der Waals surface area (Å²) < 4.78 is 2.09. The Balaban J connectivity index is 1.33. The summed E-state index contributed by atoms with van der Waals surface area (Å²) in [7, 11) is 0. The largest absolute Gasteiger partial charge is 0.348 e. The number of aromatic nitrogens is 4. The number of pyridine rings is 1. The Kier molecular flexibility index (Phi) is 4.64. The van der Waals surface area contributed by atoms with E-state index in [0.29, 0.717) is 19.6 Å². The fourth-order valence-electron chi connectivity index (χ4n) is 3.60. The number of rotatable bonds is 5. The molecular weight excluding hydrogens is 332 g/mol. The molecule has 8 heteroatoms. The molecule has 26 heavy (non-hydrogen) atoms. The van der Waals surface area contributed by atoms with Crippen LogP contribution in [0.5, 0.6) is 0 Å². The highest BCUT2D eigenvalue weighted by molar-refractivity contribution is 5.89. The van der Waals surface area contributed by atoms with Crippen LogP contribution in [0.3, 0.4) is 0 Å². The first-order valence-corrected chi connectivity index (χ1v) is 9.07. The number of aryl methyl sites for hydroxylation is 1. The zero-order valence-electron chi connectivity index (χ0n) is 14.6. The highest BCUT2D eigenvalue weighted by Gasteiger charge is 2.34. The maximum atomic E-state index is 12.5. The zero-order chi connectivity index (χ0) is 17.9. The zero-order valence-corrected chi connectivity index (χ0v) is 14.6. The van der Waals surface area contributed by atoms with E-state index in [1.54, 1.807) is 11.1 Å². The Hall–Kier alpha value is -2.77. The van der Waals surface area contributed by atoms with Crippen molar-refractivity contribution in [1.82, 2.24) is 30.0 Å². The van der Waals surface area contributed by atoms with Gasteiger partial charge in [0.1, 0.15) is 5.82 Å². The van der Waals surface area contributed by atoms with Crippen LogP contribution in [0.1, 0.15) is 36.6 Å². The summed E-state index contributed by atoms with van der Waals surface area (Å²) in [5, 5.41) is 11.3. The number of hydrogen-bond donors (Lipinski definition) is 1. The molecule has 2 aromatic heterocycles. The van der Waals surface area contributed by atoms with Gasteiger partial charge >= 0.3 is 0 Å². The predicted octanol–water partition coefficient (Wildman–Crippen LogP) is 0.674. The van der Waals surface area contributed by atoms with E-state index in [1.807, 2.05) is 18.2 Å². The van der Waals surface area contributed by atoms with Crippen molar-refractivity contribution in [2.75, 3.05) is 6.54 Å². The van der Waals surface area contributed by atoms with Crippen molar-refractivity contribution in [2.45, 2.75) is 45.3 Å². The summed E-state index contributed by atoms with van der Waals surface area (Å²) >= 11 is 0. The summed E-state index contributed by atoms with van der Waals surface area (Å²) in [5.41, 5.74) is 0.831. The van der Waals surface area contributed by atoms with Crippen LogP contribution < -0.4 is 5.32 Å². The minimum atomic E-state index is -0.324. The average Bonchev–Trinajstić information content (AvgIpc) is 3.24. The fraction of sp³-hybridized carbons (Fsp3) is 0.500. The lowest BCUT2D eigenvalue weighted by Crippen LogP contribution is -2.33. The van der Waals surface area contributed by atoms with Crippen molar-refractivity contribution in [2.24, 2.45) is 5.92 Å². The minimum absolute atomic E-state index is 0.00402. The summed E-state index contributed by atoms with van der Waals surface area (Å²) in [6.45, 7) is 2.14. The molecule has 0 saturated carbocycles. The van der Waals surface area contributed by atoms with E-state index < -0.39 is 0 Å². The van der Waals surface area contributed by atoms with Gasteiger partial charge in [0.05, 0.1) is 24.7 Å². The first-order chi connectivity index (χ1) is 12.7. The normalized spacial score (nSPS) is 19.5. The average molecular weight is 354 g/mol. The van der Waals surface area contributed by atoms with Gasteiger partial charge in [-0.25, -0.2) is 0 Å². The number of carbonyl (C=O) groups excluding carboxylic acids is 2. The molecule has 0 bridgehead atoms. The van der Waals surface area contributed by atoms with Crippen LogP contribution in [0.15, 0.2) is 24.4 Å². The van der Waals surface area contributed by atoms with Crippen molar-refractivity contribution in [3.05, 3.63) is 41.7 Å². The van der Waals surface area contributed by atoms with E-state index in [9.17, 15) is 9.59 Å². The second kappa shape index (κ2) is 7.23. The summed E-state index contributed by atoms with van der Waals surface area (Å²) in [6.07, 6.45) is 5.16. The van der Waals surface area contributed by atoms with E-state index in [0.717, 1.165) is 43.1 Å². The van der Waals surface area contributed by atoms with Gasteiger partial charge in [-0.1, -0.05) is 6.07 Å². The number of hydrogen-bond acceptors (Lipinski definition) is 5. The summed E-state index contributed by atoms with van der Waals surface area (Å²) in [5.74, 6) is 1.36. The van der Waals surface area contributed by atoms with E-state index in [-0.39, 0.29) is 24.2 Å². The first-order valence-electron chi connectivity index (χ1n) is 9.07. The van der Waals surface area contributed by atoms with Crippen LogP contribution in [-0.4, -0.2) is 43.0 Å². The van der Waals surface area contributed by atoms with Gasteiger partial charge in [-0.15, -0.1) is 10.2 Å². The molecule has 2 aromatic rings. The molecule has 2 aliphatic rings. The second-order valence-corrected chi connectivity index (χ2v) is 6.86. The van der Waals surface area contributed by atoms with Crippen LogP contribution in [0, 0.1) is 5.92 Å². The van der Waals surface area contributed by atoms with Crippen molar-refractivity contribution < 1.29 is 9.59 Å². The van der Waals surface area contributed by atoms with E-state index in [2.05, 4.69) is 25.1 Å². The molecule has 0 aromatic carbocycles. The van der Waals surface area contributed by atoms with Gasteiger partial charge in [0, 0.05) is 32.1 Å². The van der Waals surface area contributed by atoms with Gasteiger partial charge < -0.3 is 14.8 Å². The van der Waals surface area contributed by atoms with Crippen LogP contribution in [0.4, 0.5) is 0 Å². The maximum Gasteiger partial charge on any atom is 0.225 e. The van der Waals surface area contributed by atoms with Crippen molar-refractivity contribution in [3.8, 4) is 0 Å². The third-order valence-corrected chi connectivity index (χ3v) is 5.02. The lowest BCUT2D eigenvalue weighted by Gasteiger charge is -2.17. The van der Waals surface area contributed by atoms with E-state index >= 15 is 0 Å². The van der Waals surface area contributed by atoms with Crippen molar-refractivity contribution in [1.29, 1.82) is 0 Å². The highest BCUT2D eigenvalue weighted by atomic mass is 16.2. The molecule has 1 unspecified atom stereocenters. The SMILES string of the molecule is O=C(NCc1nnc2n1CCCC2)C1CC(=O)N(Cc2ccccn2)C1. The van der Waals surface area contributed by atoms with Crippen molar-refractivity contribution in [3.63, 3.8) is 0 Å². The smallest absolute Gasteiger partial charge is 0.225 e. The Bertz CT molecular complexity index is 803. The molecule has 1 saturated heterocycles. The van der Waals surface area contributed by atoms with Crippen LogP contribution in [0.25, 0.3) is 0 Å². The van der Waals surface area contributed by atoms with Crippen LogP contribution in [0.2, 0.25) is 0 Å². The molecule has 1 fully saturated rings. The maximum absolute atomic E-state index is 12.5. The minimum Gasteiger partial charge on any atom is -0.348 e. The van der Waals surface area contributed by atoms with E-state index in [4.69, 9.17) is 0 Å². The standard InChI is InChI=1S/C18H22N6O2/c25-17-9-13(11-23(17)12-14-5-1-3-7-19-14)18(26)20-10-16-22-21-15-6-2-4-8-24(15)16/h1,3,5,7,13H,2,4,6,8-12H2,(H,20,26). The van der Waals surface area contributed by atoms with Crippen LogP contribution >= 0.6 is 0 Å². The van der Waals surface area contributed by atoms with Gasteiger partial charge in [0.25, 0.3) is 0 Å². The van der Waals surface area contributed by atoms with Gasteiger partial charge in [0.2, 0.25) is 11.8 Å². The molecule has 0 spiro atoms. The van der Waals surface area contributed by atoms with Gasteiger partial charge in [-0.3, -0.25) is 14.6 Å². The lowest BCUT2D eigenvalue weighted by molar-refractivity contribution is -0.129. The Morgan fingerprint density at radius 2 is 2.19 bits per heavy atom. The van der Waals surface area contributed by atoms with Gasteiger partial charge in [0.15, 0.2) is 5.82 Å². The number of nitrogens with zero attached hydrogens (tertiary/aromatic N) is 5. The van der Waals surface area contributed by atoms with Crippen molar-refractivity contribution >= 4 is 11.8 Å². The molecule has 2 amide bonds.